The standard InChI is InChI=1S/C14H18N4O3/c1-21-9-8-15-6-7-16-14-11-4-2-3-5-12(11)17-10-13(14)18(19)20/h2-5,10,15H,6-9H2,1H3,(H,16,17). The fourth-order valence-corrected chi connectivity index (χ4v) is 2.03. The average molecular weight is 290 g/mol. The Morgan fingerprint density at radius 3 is 2.86 bits per heavy atom. The normalized spacial score (nSPS) is 10.7. The van der Waals surface area contributed by atoms with Gasteiger partial charge in [-0.3, -0.25) is 10.1 Å². The summed E-state index contributed by atoms with van der Waals surface area (Å²) in [5.41, 5.74) is 1.24. The molecule has 2 aromatic rings. The average Bonchev–Trinajstić information content (AvgIpc) is 2.50. The zero-order valence-electron chi connectivity index (χ0n) is 11.8. The van der Waals surface area contributed by atoms with Crippen LogP contribution in [0, 0.1) is 10.1 Å². The fourth-order valence-electron chi connectivity index (χ4n) is 2.03. The van der Waals surface area contributed by atoms with Crippen LogP contribution in [0.25, 0.3) is 10.9 Å². The van der Waals surface area contributed by atoms with Crippen molar-refractivity contribution in [1.29, 1.82) is 0 Å². The van der Waals surface area contributed by atoms with Gasteiger partial charge in [0.25, 0.3) is 0 Å². The lowest BCUT2D eigenvalue weighted by Crippen LogP contribution is -2.25. The Bertz CT molecular complexity index is 618. The number of benzene rings is 1. The number of hydrogen-bond donors (Lipinski definition) is 2. The molecule has 0 aliphatic rings. The van der Waals surface area contributed by atoms with Crippen LogP contribution < -0.4 is 10.6 Å². The zero-order chi connectivity index (χ0) is 15.1. The molecule has 0 amide bonds. The van der Waals surface area contributed by atoms with Gasteiger partial charge in [0.05, 0.1) is 17.0 Å². The molecular formula is C14H18N4O3. The number of pyridine rings is 1. The Hall–Kier alpha value is -2.25. The molecule has 112 valence electrons. The molecule has 2 rings (SSSR count). The number of hydrogen-bond acceptors (Lipinski definition) is 6. The molecule has 7 heteroatoms. The lowest BCUT2D eigenvalue weighted by atomic mass is 10.1. The van der Waals surface area contributed by atoms with Gasteiger partial charge >= 0.3 is 5.69 Å². The zero-order valence-corrected chi connectivity index (χ0v) is 11.8. The van der Waals surface area contributed by atoms with Crippen LogP contribution in [-0.2, 0) is 4.74 Å². The van der Waals surface area contributed by atoms with E-state index in [1.165, 1.54) is 6.20 Å². The number of nitrogens with zero attached hydrogens (tertiary/aromatic N) is 2. The monoisotopic (exact) mass is 290 g/mol. The molecular weight excluding hydrogens is 272 g/mol. The van der Waals surface area contributed by atoms with Crippen molar-refractivity contribution in [3.05, 3.63) is 40.6 Å². The second-order valence-electron chi connectivity index (χ2n) is 4.46. The summed E-state index contributed by atoms with van der Waals surface area (Å²) in [5.74, 6) is 0. The van der Waals surface area contributed by atoms with Crippen LogP contribution in [-0.4, -0.2) is 43.3 Å². The van der Waals surface area contributed by atoms with Crippen molar-refractivity contribution < 1.29 is 9.66 Å². The number of rotatable bonds is 8. The van der Waals surface area contributed by atoms with Crippen LogP contribution in [0.1, 0.15) is 0 Å². The highest BCUT2D eigenvalue weighted by molar-refractivity contribution is 5.95. The van der Waals surface area contributed by atoms with Crippen molar-refractivity contribution in [3.8, 4) is 0 Å². The second kappa shape index (κ2) is 7.51. The van der Waals surface area contributed by atoms with Crippen molar-refractivity contribution in [1.82, 2.24) is 10.3 Å². The summed E-state index contributed by atoms with van der Waals surface area (Å²) in [4.78, 5) is 14.8. The molecule has 1 aromatic heterocycles. The summed E-state index contributed by atoms with van der Waals surface area (Å²) in [6, 6.07) is 7.37. The highest BCUT2D eigenvalue weighted by Gasteiger charge is 2.17. The molecule has 0 atom stereocenters. The maximum Gasteiger partial charge on any atom is 0.311 e. The topological polar surface area (TPSA) is 89.3 Å². The lowest BCUT2D eigenvalue weighted by Gasteiger charge is -2.10. The van der Waals surface area contributed by atoms with Gasteiger partial charge in [-0.15, -0.1) is 0 Å². The molecule has 0 bridgehead atoms. The molecule has 0 spiro atoms. The van der Waals surface area contributed by atoms with Gasteiger partial charge in [0.1, 0.15) is 11.9 Å². The lowest BCUT2D eigenvalue weighted by molar-refractivity contribution is -0.384. The van der Waals surface area contributed by atoms with Crippen LogP contribution in [0.2, 0.25) is 0 Å². The summed E-state index contributed by atoms with van der Waals surface area (Å²) < 4.78 is 4.93. The van der Waals surface area contributed by atoms with Crippen LogP contribution in [0.5, 0.6) is 0 Å². The maximum absolute atomic E-state index is 11.1. The van der Waals surface area contributed by atoms with Gasteiger partial charge < -0.3 is 15.4 Å². The van der Waals surface area contributed by atoms with Gasteiger partial charge in [-0.25, -0.2) is 4.98 Å². The van der Waals surface area contributed by atoms with Gasteiger partial charge in [0.2, 0.25) is 0 Å². The number of anilines is 1. The molecule has 0 unspecified atom stereocenters. The molecule has 1 aromatic carbocycles. The molecule has 21 heavy (non-hydrogen) atoms. The van der Waals surface area contributed by atoms with E-state index in [2.05, 4.69) is 15.6 Å². The quantitative estimate of drug-likeness (QED) is 0.438. The SMILES string of the molecule is COCCNCCNc1c([N+](=O)[O-])cnc2ccccc12. The van der Waals surface area contributed by atoms with E-state index in [4.69, 9.17) is 4.74 Å². The molecule has 2 N–H and O–H groups in total. The van der Waals surface area contributed by atoms with E-state index in [1.54, 1.807) is 7.11 Å². The number of methoxy groups -OCH3 is 1. The number of nitro groups is 1. The summed E-state index contributed by atoms with van der Waals surface area (Å²) in [5, 5.41) is 18.2. The van der Waals surface area contributed by atoms with E-state index in [-0.39, 0.29) is 5.69 Å². The van der Waals surface area contributed by atoms with Gasteiger partial charge in [-0.1, -0.05) is 18.2 Å². The highest BCUT2D eigenvalue weighted by Crippen LogP contribution is 2.30. The van der Waals surface area contributed by atoms with E-state index in [1.807, 2.05) is 24.3 Å². The van der Waals surface area contributed by atoms with Crippen LogP contribution in [0.4, 0.5) is 11.4 Å². The summed E-state index contributed by atoms with van der Waals surface area (Å²) in [6.45, 7) is 2.66. The first-order valence-electron chi connectivity index (χ1n) is 6.69. The molecule has 1 heterocycles. The minimum absolute atomic E-state index is 0.00871. The van der Waals surface area contributed by atoms with E-state index < -0.39 is 4.92 Å². The summed E-state index contributed by atoms with van der Waals surface area (Å²) in [7, 11) is 1.65. The first-order valence-corrected chi connectivity index (χ1v) is 6.69. The third-order valence-corrected chi connectivity index (χ3v) is 3.04. The predicted octanol–water partition coefficient (Wildman–Crippen LogP) is 1.79. The van der Waals surface area contributed by atoms with E-state index >= 15 is 0 Å². The van der Waals surface area contributed by atoms with Crippen molar-refractivity contribution in [2.75, 3.05) is 38.7 Å². The Kier molecular flexibility index (Phi) is 5.42. The largest absolute Gasteiger partial charge is 0.383 e. The Labute approximate surface area is 122 Å². The maximum atomic E-state index is 11.1. The molecule has 0 saturated heterocycles. The van der Waals surface area contributed by atoms with Gasteiger partial charge in [0, 0.05) is 32.1 Å². The van der Waals surface area contributed by atoms with Crippen molar-refractivity contribution in [3.63, 3.8) is 0 Å². The van der Waals surface area contributed by atoms with Gasteiger partial charge in [0.15, 0.2) is 0 Å². The van der Waals surface area contributed by atoms with E-state index in [9.17, 15) is 10.1 Å². The molecule has 0 aliphatic carbocycles. The number of nitrogens with one attached hydrogen (secondary N) is 2. The molecule has 0 aliphatic heterocycles. The van der Waals surface area contributed by atoms with Crippen molar-refractivity contribution in [2.24, 2.45) is 0 Å². The number of ether oxygens (including phenoxy) is 1. The van der Waals surface area contributed by atoms with Crippen LogP contribution in [0.15, 0.2) is 30.5 Å². The smallest absolute Gasteiger partial charge is 0.311 e. The Morgan fingerprint density at radius 1 is 1.29 bits per heavy atom. The third-order valence-electron chi connectivity index (χ3n) is 3.04. The minimum Gasteiger partial charge on any atom is -0.383 e. The molecule has 7 nitrogen and oxygen atoms in total. The molecule has 0 saturated carbocycles. The summed E-state index contributed by atoms with van der Waals surface area (Å²) in [6.07, 6.45) is 1.29. The van der Waals surface area contributed by atoms with E-state index in [0.29, 0.717) is 25.4 Å². The van der Waals surface area contributed by atoms with Crippen molar-refractivity contribution >= 4 is 22.3 Å². The molecule has 0 radical (unpaired) electrons. The first-order chi connectivity index (χ1) is 10.2. The number of para-hydroxylation sites is 1. The molecule has 0 fully saturated rings. The van der Waals surface area contributed by atoms with Crippen molar-refractivity contribution in [2.45, 2.75) is 0 Å². The second-order valence-corrected chi connectivity index (χ2v) is 4.46. The number of fused-ring (bicyclic) bond motifs is 1. The highest BCUT2D eigenvalue weighted by atomic mass is 16.6. The third kappa shape index (κ3) is 3.87. The number of aromatic nitrogens is 1. The fraction of sp³-hybridized carbons (Fsp3) is 0.357. The van der Waals surface area contributed by atoms with Gasteiger partial charge in [-0.2, -0.15) is 0 Å². The first kappa shape index (κ1) is 15.1. The summed E-state index contributed by atoms with van der Waals surface area (Å²) >= 11 is 0. The Morgan fingerprint density at radius 2 is 2.10 bits per heavy atom. The van der Waals surface area contributed by atoms with Crippen LogP contribution in [0.3, 0.4) is 0 Å². The Balaban J connectivity index is 2.12. The van der Waals surface area contributed by atoms with Gasteiger partial charge in [-0.05, 0) is 6.07 Å². The predicted molar refractivity (Wildman–Crippen MR) is 81.6 cm³/mol. The van der Waals surface area contributed by atoms with Crippen LogP contribution >= 0.6 is 0 Å². The van der Waals surface area contributed by atoms with E-state index in [0.717, 1.165) is 17.4 Å². The minimum atomic E-state index is -0.417.